The molecule has 0 aromatic carbocycles. The zero-order chi connectivity index (χ0) is 9.80. The molecular weight excluding hydrogens is 190 g/mol. The summed E-state index contributed by atoms with van der Waals surface area (Å²) in [6.45, 7) is 4.30. The molecule has 0 aliphatic heterocycles. The highest BCUT2D eigenvalue weighted by molar-refractivity contribution is 7.12. The Morgan fingerprint density at radius 2 is 2.14 bits per heavy atom. The molecule has 0 atom stereocenters. The maximum atomic E-state index is 3.40. The van der Waals surface area contributed by atoms with E-state index in [2.05, 4.69) is 18.3 Å². The number of nitrogens with one attached hydrogen (secondary N) is 1. The quantitative estimate of drug-likeness (QED) is 0.754. The lowest BCUT2D eigenvalue weighted by atomic mass is 10.1. The monoisotopic (exact) mass is 209 g/mol. The average molecular weight is 209 g/mol. The maximum absolute atomic E-state index is 3.40. The molecule has 0 saturated heterocycles. The van der Waals surface area contributed by atoms with Gasteiger partial charge in [-0.05, 0) is 43.9 Å². The summed E-state index contributed by atoms with van der Waals surface area (Å²) in [5, 5.41) is 3.40. The van der Waals surface area contributed by atoms with E-state index >= 15 is 0 Å². The molecule has 1 heterocycles. The van der Waals surface area contributed by atoms with Crippen LogP contribution in [-0.2, 0) is 19.4 Å². The second-order valence-electron chi connectivity index (χ2n) is 4.00. The van der Waals surface area contributed by atoms with Gasteiger partial charge in [-0.3, -0.25) is 0 Å². The SMILES string of the molecule is CCNCc1cc2c(s1)CCCCC2. The highest BCUT2D eigenvalue weighted by atomic mass is 32.1. The minimum atomic E-state index is 1.06. The molecule has 2 heteroatoms. The van der Waals surface area contributed by atoms with Crippen LogP contribution in [0.2, 0.25) is 0 Å². The Hall–Kier alpha value is -0.340. The van der Waals surface area contributed by atoms with Gasteiger partial charge in [0.25, 0.3) is 0 Å². The second kappa shape index (κ2) is 4.94. The summed E-state index contributed by atoms with van der Waals surface area (Å²) in [5.74, 6) is 0. The fourth-order valence-electron chi connectivity index (χ4n) is 2.06. The van der Waals surface area contributed by atoms with Crippen LogP contribution in [-0.4, -0.2) is 6.54 Å². The summed E-state index contributed by atoms with van der Waals surface area (Å²) >= 11 is 2.03. The predicted molar refractivity (Wildman–Crippen MR) is 63.0 cm³/mol. The maximum Gasteiger partial charge on any atom is 0.0299 e. The summed E-state index contributed by atoms with van der Waals surface area (Å²) in [6.07, 6.45) is 6.85. The van der Waals surface area contributed by atoms with Crippen molar-refractivity contribution in [3.63, 3.8) is 0 Å². The van der Waals surface area contributed by atoms with Crippen molar-refractivity contribution in [2.24, 2.45) is 0 Å². The molecule has 1 N–H and O–H groups in total. The van der Waals surface area contributed by atoms with Crippen LogP contribution in [0.1, 0.15) is 41.5 Å². The third-order valence-corrected chi connectivity index (χ3v) is 4.08. The minimum absolute atomic E-state index is 1.06. The van der Waals surface area contributed by atoms with Gasteiger partial charge in [-0.15, -0.1) is 11.3 Å². The molecule has 0 bridgehead atoms. The number of thiophene rings is 1. The first kappa shape index (κ1) is 10.2. The zero-order valence-corrected chi connectivity index (χ0v) is 9.75. The molecule has 1 aromatic rings. The first-order valence-electron chi connectivity index (χ1n) is 5.71. The Labute approximate surface area is 90.5 Å². The number of hydrogen-bond donors (Lipinski definition) is 1. The van der Waals surface area contributed by atoms with Crippen molar-refractivity contribution in [2.75, 3.05) is 6.54 Å². The third kappa shape index (κ3) is 2.37. The van der Waals surface area contributed by atoms with Gasteiger partial charge < -0.3 is 5.32 Å². The lowest BCUT2D eigenvalue weighted by molar-refractivity contribution is 0.710. The van der Waals surface area contributed by atoms with Crippen LogP contribution in [0.5, 0.6) is 0 Å². The van der Waals surface area contributed by atoms with E-state index in [0.717, 1.165) is 13.1 Å². The lowest BCUT2D eigenvalue weighted by Crippen LogP contribution is -2.10. The first-order chi connectivity index (χ1) is 6.90. The van der Waals surface area contributed by atoms with E-state index in [1.54, 1.807) is 10.4 Å². The van der Waals surface area contributed by atoms with Gasteiger partial charge in [-0.1, -0.05) is 13.3 Å². The van der Waals surface area contributed by atoms with E-state index < -0.39 is 0 Å². The smallest absolute Gasteiger partial charge is 0.0299 e. The number of rotatable bonds is 3. The van der Waals surface area contributed by atoms with Gasteiger partial charge in [0.15, 0.2) is 0 Å². The van der Waals surface area contributed by atoms with Crippen molar-refractivity contribution in [3.05, 3.63) is 21.4 Å². The molecule has 1 nitrogen and oxygen atoms in total. The van der Waals surface area contributed by atoms with Crippen LogP contribution < -0.4 is 5.32 Å². The predicted octanol–water partition coefficient (Wildman–Crippen LogP) is 3.13. The Morgan fingerprint density at radius 3 is 3.00 bits per heavy atom. The van der Waals surface area contributed by atoms with Crippen molar-refractivity contribution >= 4 is 11.3 Å². The molecule has 1 aromatic heterocycles. The Bertz CT molecular complexity index is 267. The van der Waals surface area contributed by atoms with Gasteiger partial charge in [-0.25, -0.2) is 0 Å². The highest BCUT2D eigenvalue weighted by Gasteiger charge is 2.11. The molecule has 0 saturated carbocycles. The third-order valence-electron chi connectivity index (χ3n) is 2.85. The Kier molecular flexibility index (Phi) is 3.60. The minimum Gasteiger partial charge on any atom is -0.312 e. The zero-order valence-electron chi connectivity index (χ0n) is 8.94. The van der Waals surface area contributed by atoms with Crippen LogP contribution in [0.3, 0.4) is 0 Å². The van der Waals surface area contributed by atoms with Gasteiger partial charge in [0, 0.05) is 16.3 Å². The van der Waals surface area contributed by atoms with E-state index in [-0.39, 0.29) is 0 Å². The van der Waals surface area contributed by atoms with E-state index in [9.17, 15) is 0 Å². The molecular formula is C12H19NS. The average Bonchev–Trinajstić information content (AvgIpc) is 2.46. The standard InChI is InChI=1S/C12H19NS/c1-2-13-9-11-8-10-6-4-3-5-7-12(10)14-11/h8,13H,2-7,9H2,1H3. The van der Waals surface area contributed by atoms with Crippen molar-refractivity contribution in [1.29, 1.82) is 0 Å². The largest absolute Gasteiger partial charge is 0.312 e. The first-order valence-corrected chi connectivity index (χ1v) is 6.53. The highest BCUT2D eigenvalue weighted by Crippen LogP contribution is 2.28. The van der Waals surface area contributed by atoms with Gasteiger partial charge in [-0.2, -0.15) is 0 Å². The molecule has 2 rings (SSSR count). The molecule has 78 valence electrons. The summed E-state index contributed by atoms with van der Waals surface area (Å²) < 4.78 is 0. The van der Waals surface area contributed by atoms with Gasteiger partial charge in [0.1, 0.15) is 0 Å². The van der Waals surface area contributed by atoms with E-state index in [1.165, 1.54) is 37.0 Å². The number of hydrogen-bond acceptors (Lipinski definition) is 2. The molecule has 0 fully saturated rings. The lowest BCUT2D eigenvalue weighted by Gasteiger charge is -1.96. The fourth-order valence-corrected chi connectivity index (χ4v) is 3.29. The van der Waals surface area contributed by atoms with Gasteiger partial charge in [0.2, 0.25) is 0 Å². The summed E-state index contributed by atoms with van der Waals surface area (Å²) in [7, 11) is 0. The number of fused-ring (bicyclic) bond motifs is 1. The normalized spacial score (nSPS) is 16.4. The Morgan fingerprint density at radius 1 is 1.29 bits per heavy atom. The molecule has 0 amide bonds. The van der Waals surface area contributed by atoms with Gasteiger partial charge >= 0.3 is 0 Å². The van der Waals surface area contributed by atoms with Crippen molar-refractivity contribution in [2.45, 2.75) is 45.6 Å². The van der Waals surface area contributed by atoms with Crippen LogP contribution in [0.4, 0.5) is 0 Å². The van der Waals surface area contributed by atoms with E-state index in [0.29, 0.717) is 0 Å². The van der Waals surface area contributed by atoms with Crippen LogP contribution in [0, 0.1) is 0 Å². The molecule has 1 aliphatic rings. The van der Waals surface area contributed by atoms with E-state index in [4.69, 9.17) is 0 Å². The van der Waals surface area contributed by atoms with Crippen molar-refractivity contribution in [3.8, 4) is 0 Å². The molecule has 0 unspecified atom stereocenters. The molecule has 0 radical (unpaired) electrons. The van der Waals surface area contributed by atoms with Crippen molar-refractivity contribution < 1.29 is 0 Å². The second-order valence-corrected chi connectivity index (χ2v) is 5.22. The van der Waals surface area contributed by atoms with Crippen LogP contribution in [0.25, 0.3) is 0 Å². The summed E-state index contributed by atoms with van der Waals surface area (Å²) in [5.41, 5.74) is 1.64. The van der Waals surface area contributed by atoms with Gasteiger partial charge in [0.05, 0.1) is 0 Å². The van der Waals surface area contributed by atoms with Crippen molar-refractivity contribution in [1.82, 2.24) is 5.32 Å². The van der Waals surface area contributed by atoms with Crippen LogP contribution >= 0.6 is 11.3 Å². The molecule has 0 spiro atoms. The van der Waals surface area contributed by atoms with E-state index in [1.807, 2.05) is 11.3 Å². The summed E-state index contributed by atoms with van der Waals surface area (Å²) in [4.78, 5) is 3.19. The van der Waals surface area contributed by atoms with Crippen LogP contribution in [0.15, 0.2) is 6.07 Å². The molecule has 1 aliphatic carbocycles. The summed E-state index contributed by atoms with van der Waals surface area (Å²) in [6, 6.07) is 2.42. The fraction of sp³-hybridized carbons (Fsp3) is 0.667. The topological polar surface area (TPSA) is 12.0 Å². The molecule has 14 heavy (non-hydrogen) atoms. The number of aryl methyl sites for hydroxylation is 2. The Balaban J connectivity index is 2.06.